The van der Waals surface area contributed by atoms with Crippen molar-refractivity contribution < 1.29 is 13.2 Å². The van der Waals surface area contributed by atoms with Gasteiger partial charge in [-0.05, 0) is 74.3 Å². The molecule has 0 amide bonds. The molecule has 2 N–H and O–H groups in total. The van der Waals surface area contributed by atoms with Crippen LogP contribution in [0.1, 0.15) is 32.8 Å². The molecule has 7 heteroatoms. The molecule has 0 aliphatic heterocycles. The molecule has 0 radical (unpaired) electrons. The second-order valence-corrected chi connectivity index (χ2v) is 8.67. The lowest BCUT2D eigenvalue weighted by Crippen LogP contribution is -2.38. The summed E-state index contributed by atoms with van der Waals surface area (Å²) in [7, 11) is -3.23. The topological polar surface area (TPSA) is 87.6 Å². The van der Waals surface area contributed by atoms with Crippen LogP contribution < -0.4 is 10.0 Å². The molecule has 1 aromatic rings. The number of nitrogens with one attached hydrogen (secondary N) is 2. The van der Waals surface area contributed by atoms with Gasteiger partial charge in [-0.25, -0.2) is 18.1 Å². The summed E-state index contributed by atoms with van der Waals surface area (Å²) in [5.41, 5.74) is 5.06. The van der Waals surface area contributed by atoms with Crippen LogP contribution in [0.5, 0.6) is 0 Å². The first kappa shape index (κ1) is 21.1. The molecule has 27 heavy (non-hydrogen) atoms. The fourth-order valence-electron chi connectivity index (χ4n) is 2.73. The number of aryl methyl sites for hydroxylation is 1. The predicted octanol–water partition coefficient (Wildman–Crippen LogP) is 3.28. The third-order valence-corrected chi connectivity index (χ3v) is 5.12. The Bertz CT molecular complexity index is 928. The summed E-state index contributed by atoms with van der Waals surface area (Å²) in [5.74, 6) is 0.0240. The number of rotatable bonds is 7. The van der Waals surface area contributed by atoms with Crippen LogP contribution in [0.25, 0.3) is 0 Å². The lowest BCUT2D eigenvalue weighted by Gasteiger charge is -2.17. The molecule has 1 aliphatic rings. The fraction of sp³-hybridized carbons (Fsp3) is 0.400. The maximum atomic E-state index is 11.7. The van der Waals surface area contributed by atoms with Crippen molar-refractivity contribution in [1.29, 1.82) is 0 Å². The van der Waals surface area contributed by atoms with Crippen molar-refractivity contribution in [2.75, 3.05) is 18.1 Å². The van der Waals surface area contributed by atoms with Crippen molar-refractivity contribution in [3.05, 3.63) is 47.1 Å². The number of carbonyl (C=O) groups is 1. The highest BCUT2D eigenvalue weighted by molar-refractivity contribution is 7.88. The molecule has 0 bridgehead atoms. The minimum atomic E-state index is -3.23. The van der Waals surface area contributed by atoms with E-state index in [4.69, 9.17) is 0 Å². The van der Waals surface area contributed by atoms with Crippen molar-refractivity contribution >= 4 is 32.9 Å². The Hall–Kier alpha value is -2.25. The molecule has 1 atom stereocenters. The summed E-state index contributed by atoms with van der Waals surface area (Å²) in [6.07, 6.45) is 5.28. The van der Waals surface area contributed by atoms with E-state index in [0.717, 1.165) is 28.2 Å². The minimum absolute atomic E-state index is 0.0240. The van der Waals surface area contributed by atoms with Crippen LogP contribution in [0.2, 0.25) is 0 Å². The highest BCUT2D eigenvalue weighted by atomic mass is 32.2. The first-order valence-corrected chi connectivity index (χ1v) is 10.8. The van der Waals surface area contributed by atoms with Gasteiger partial charge in [0.05, 0.1) is 17.7 Å². The Balaban J connectivity index is 2.13. The number of anilines is 1. The number of aliphatic imine (C=N–C) groups is 1. The SMILES string of the molecule is CCC(CNc1ccc(N=C2C=C(C)C(=O)C=C2C)c(C)c1)NS(C)(=O)=O. The van der Waals surface area contributed by atoms with Gasteiger partial charge in [-0.15, -0.1) is 0 Å². The van der Waals surface area contributed by atoms with E-state index in [9.17, 15) is 13.2 Å². The number of allylic oxidation sites excluding steroid dienone is 4. The van der Waals surface area contributed by atoms with E-state index < -0.39 is 10.0 Å². The normalized spacial score (nSPS) is 17.5. The molecule has 146 valence electrons. The standard InChI is InChI=1S/C20H27N3O3S/c1-6-16(23-27(5,25)26)12-21-17-7-8-18(13(2)9-17)22-19-10-15(4)20(24)11-14(19)3/h7-11,16,21,23H,6,12H2,1-5H3. The van der Waals surface area contributed by atoms with Crippen LogP contribution in [-0.2, 0) is 14.8 Å². The minimum Gasteiger partial charge on any atom is -0.383 e. The van der Waals surface area contributed by atoms with Crippen LogP contribution in [-0.4, -0.2) is 38.8 Å². The molecule has 1 aliphatic carbocycles. The van der Waals surface area contributed by atoms with Crippen molar-refractivity contribution in [3.8, 4) is 0 Å². The van der Waals surface area contributed by atoms with E-state index in [1.54, 1.807) is 13.0 Å². The van der Waals surface area contributed by atoms with Gasteiger partial charge in [0.2, 0.25) is 10.0 Å². The number of hydrogen-bond acceptors (Lipinski definition) is 5. The smallest absolute Gasteiger partial charge is 0.209 e. The van der Waals surface area contributed by atoms with Crippen molar-refractivity contribution in [1.82, 2.24) is 4.72 Å². The quantitative estimate of drug-likeness (QED) is 0.701. The van der Waals surface area contributed by atoms with E-state index in [1.165, 1.54) is 6.26 Å². The summed E-state index contributed by atoms with van der Waals surface area (Å²) in [4.78, 5) is 16.4. The zero-order valence-electron chi connectivity index (χ0n) is 16.5. The molecular weight excluding hydrogens is 362 g/mol. The summed E-state index contributed by atoms with van der Waals surface area (Å²) < 4.78 is 25.4. The molecule has 2 rings (SSSR count). The molecule has 1 aromatic carbocycles. The second kappa shape index (κ2) is 8.63. The number of hydrogen-bond donors (Lipinski definition) is 2. The van der Waals surface area contributed by atoms with Crippen LogP contribution in [0, 0.1) is 6.92 Å². The summed E-state index contributed by atoms with van der Waals surface area (Å²) in [5, 5.41) is 3.27. The van der Waals surface area contributed by atoms with E-state index in [-0.39, 0.29) is 11.8 Å². The number of sulfonamides is 1. The van der Waals surface area contributed by atoms with Crippen molar-refractivity contribution in [2.45, 2.75) is 40.2 Å². The second-order valence-electron chi connectivity index (χ2n) is 6.89. The average Bonchev–Trinajstić information content (AvgIpc) is 2.57. The lowest BCUT2D eigenvalue weighted by atomic mass is 9.98. The first-order valence-electron chi connectivity index (χ1n) is 8.91. The lowest BCUT2D eigenvalue weighted by molar-refractivity contribution is -0.111. The van der Waals surface area contributed by atoms with Gasteiger partial charge in [0.15, 0.2) is 5.78 Å². The van der Waals surface area contributed by atoms with E-state index in [0.29, 0.717) is 18.5 Å². The van der Waals surface area contributed by atoms with Gasteiger partial charge in [0.1, 0.15) is 0 Å². The summed E-state index contributed by atoms with van der Waals surface area (Å²) in [6, 6.07) is 5.66. The third kappa shape index (κ3) is 6.15. The van der Waals surface area contributed by atoms with Gasteiger partial charge >= 0.3 is 0 Å². The van der Waals surface area contributed by atoms with E-state index in [2.05, 4.69) is 15.0 Å². The largest absolute Gasteiger partial charge is 0.383 e. The fourth-order valence-corrected chi connectivity index (χ4v) is 3.58. The van der Waals surface area contributed by atoms with E-state index >= 15 is 0 Å². The Morgan fingerprint density at radius 2 is 1.81 bits per heavy atom. The molecule has 0 spiro atoms. The highest BCUT2D eigenvalue weighted by Crippen LogP contribution is 2.25. The van der Waals surface area contributed by atoms with Gasteiger partial charge in [0.25, 0.3) is 0 Å². The molecule has 0 heterocycles. The van der Waals surface area contributed by atoms with Crippen LogP contribution in [0.15, 0.2) is 46.5 Å². The monoisotopic (exact) mass is 389 g/mol. The Labute approximate surface area is 161 Å². The van der Waals surface area contributed by atoms with Crippen molar-refractivity contribution in [2.24, 2.45) is 4.99 Å². The van der Waals surface area contributed by atoms with Gasteiger partial charge in [-0.2, -0.15) is 0 Å². The highest BCUT2D eigenvalue weighted by Gasteiger charge is 2.14. The van der Waals surface area contributed by atoms with Gasteiger partial charge in [-0.3, -0.25) is 4.79 Å². The first-order chi connectivity index (χ1) is 12.6. The maximum Gasteiger partial charge on any atom is 0.209 e. The number of ketones is 1. The van der Waals surface area contributed by atoms with Crippen molar-refractivity contribution in [3.63, 3.8) is 0 Å². The molecule has 0 aromatic heterocycles. The Morgan fingerprint density at radius 1 is 1.11 bits per heavy atom. The third-order valence-electron chi connectivity index (χ3n) is 4.36. The number of benzene rings is 1. The van der Waals surface area contributed by atoms with Crippen LogP contribution >= 0.6 is 0 Å². The molecule has 0 saturated carbocycles. The predicted molar refractivity (Wildman–Crippen MR) is 111 cm³/mol. The van der Waals surface area contributed by atoms with Crippen LogP contribution in [0.3, 0.4) is 0 Å². The molecule has 0 saturated heterocycles. The summed E-state index contributed by atoms with van der Waals surface area (Å²) >= 11 is 0. The number of nitrogens with zero attached hydrogens (tertiary/aromatic N) is 1. The van der Waals surface area contributed by atoms with Gasteiger partial charge in [0, 0.05) is 18.3 Å². The Kier molecular flexibility index (Phi) is 6.73. The molecular formula is C20H27N3O3S. The molecule has 6 nitrogen and oxygen atoms in total. The molecule has 0 fully saturated rings. The zero-order valence-corrected chi connectivity index (χ0v) is 17.3. The van der Waals surface area contributed by atoms with Gasteiger partial charge < -0.3 is 5.32 Å². The van der Waals surface area contributed by atoms with Gasteiger partial charge in [-0.1, -0.05) is 6.92 Å². The summed E-state index contributed by atoms with van der Waals surface area (Å²) in [6.45, 7) is 8.08. The number of carbonyl (C=O) groups excluding carboxylic acids is 1. The zero-order chi connectivity index (χ0) is 20.2. The average molecular weight is 390 g/mol. The Morgan fingerprint density at radius 3 is 2.41 bits per heavy atom. The maximum absolute atomic E-state index is 11.7. The molecule has 1 unspecified atom stereocenters. The van der Waals surface area contributed by atoms with E-state index in [1.807, 2.05) is 45.0 Å². The van der Waals surface area contributed by atoms with Crippen LogP contribution in [0.4, 0.5) is 11.4 Å².